The highest BCUT2D eigenvalue weighted by Crippen LogP contribution is 2.46. The number of ether oxygens (including phenoxy) is 4. The van der Waals surface area contributed by atoms with Gasteiger partial charge in [-0.3, -0.25) is 0 Å². The van der Waals surface area contributed by atoms with Gasteiger partial charge in [-0.1, -0.05) is 24.3 Å². The van der Waals surface area contributed by atoms with Crippen molar-refractivity contribution in [3.63, 3.8) is 0 Å². The van der Waals surface area contributed by atoms with Crippen molar-refractivity contribution in [1.29, 1.82) is 5.26 Å². The van der Waals surface area contributed by atoms with E-state index in [1.807, 2.05) is 6.07 Å². The molecule has 7 heteroatoms. The maximum atomic E-state index is 12.4. The summed E-state index contributed by atoms with van der Waals surface area (Å²) in [7, 11) is 3.11. The third kappa shape index (κ3) is 3.82. The first-order chi connectivity index (χ1) is 15.5. The molecule has 1 atom stereocenters. The van der Waals surface area contributed by atoms with Crippen LogP contribution in [-0.4, -0.2) is 20.2 Å². The number of esters is 1. The number of methoxy groups -OCH3 is 2. The minimum atomic E-state index is -0.548. The van der Waals surface area contributed by atoms with E-state index in [0.717, 1.165) is 0 Å². The smallest absolute Gasteiger partial charge is 0.343 e. The van der Waals surface area contributed by atoms with E-state index < -0.39 is 11.9 Å². The highest BCUT2D eigenvalue weighted by Gasteiger charge is 2.33. The summed E-state index contributed by atoms with van der Waals surface area (Å²) in [5.74, 6) is 0.793. The Labute approximate surface area is 185 Å². The molecule has 2 N–H and O–H groups in total. The lowest BCUT2D eigenvalue weighted by Crippen LogP contribution is -2.21. The minimum Gasteiger partial charge on any atom is -0.497 e. The summed E-state index contributed by atoms with van der Waals surface area (Å²) < 4.78 is 22.1. The Morgan fingerprint density at radius 1 is 0.969 bits per heavy atom. The van der Waals surface area contributed by atoms with Crippen molar-refractivity contribution in [2.45, 2.75) is 5.92 Å². The van der Waals surface area contributed by atoms with E-state index in [2.05, 4.69) is 6.07 Å². The average Bonchev–Trinajstić information content (AvgIpc) is 2.83. The number of hydrogen-bond donors (Lipinski definition) is 1. The van der Waals surface area contributed by atoms with E-state index in [4.69, 9.17) is 24.7 Å². The lowest BCUT2D eigenvalue weighted by Gasteiger charge is -2.28. The Bertz CT molecular complexity index is 1240. The number of carbonyl (C=O) groups excluding carboxylic acids is 1. The van der Waals surface area contributed by atoms with Crippen molar-refractivity contribution >= 4 is 5.97 Å². The number of nitrogens with two attached hydrogens (primary N) is 1. The summed E-state index contributed by atoms with van der Waals surface area (Å²) in [5.41, 5.74) is 8.15. The van der Waals surface area contributed by atoms with Crippen LogP contribution in [0.1, 0.15) is 27.4 Å². The predicted molar refractivity (Wildman–Crippen MR) is 117 cm³/mol. The molecule has 0 radical (unpaired) electrons. The summed E-state index contributed by atoms with van der Waals surface area (Å²) in [6.45, 7) is 0. The van der Waals surface area contributed by atoms with Gasteiger partial charge in [-0.05, 0) is 36.4 Å². The molecule has 0 saturated heterocycles. The van der Waals surface area contributed by atoms with Crippen LogP contribution in [0.25, 0.3) is 0 Å². The van der Waals surface area contributed by atoms with Crippen LogP contribution in [0.4, 0.5) is 0 Å². The van der Waals surface area contributed by atoms with Gasteiger partial charge in [-0.25, -0.2) is 4.79 Å². The maximum Gasteiger partial charge on any atom is 0.343 e. The first kappa shape index (κ1) is 20.8. The Balaban J connectivity index is 1.76. The van der Waals surface area contributed by atoms with Gasteiger partial charge >= 0.3 is 5.97 Å². The fourth-order valence-electron chi connectivity index (χ4n) is 3.62. The third-order valence-electron chi connectivity index (χ3n) is 5.16. The molecular weight excluding hydrogens is 408 g/mol. The van der Waals surface area contributed by atoms with Crippen molar-refractivity contribution < 1.29 is 23.7 Å². The highest BCUT2D eigenvalue weighted by atomic mass is 16.5. The molecule has 4 rings (SSSR count). The SMILES string of the molecule is COc1ccc(OC)c(C2C(C#N)=C(N)Oc3cc(OC(=O)c4ccccc4)ccc32)c1. The number of nitriles is 1. The van der Waals surface area contributed by atoms with Crippen molar-refractivity contribution in [3.05, 3.63) is 94.9 Å². The van der Waals surface area contributed by atoms with Gasteiger partial charge in [0, 0.05) is 17.2 Å². The molecule has 0 fully saturated rings. The molecule has 3 aromatic carbocycles. The largest absolute Gasteiger partial charge is 0.497 e. The molecule has 0 spiro atoms. The zero-order valence-electron chi connectivity index (χ0n) is 17.5. The molecular formula is C25H20N2O5. The summed E-state index contributed by atoms with van der Waals surface area (Å²) in [5, 5.41) is 9.80. The molecule has 0 aliphatic carbocycles. The normalized spacial score (nSPS) is 14.6. The fourth-order valence-corrected chi connectivity index (χ4v) is 3.62. The van der Waals surface area contributed by atoms with Crippen LogP contribution >= 0.6 is 0 Å². The average molecular weight is 428 g/mol. The molecule has 0 aromatic heterocycles. The lowest BCUT2D eigenvalue weighted by atomic mass is 9.83. The molecule has 1 heterocycles. The number of hydrogen-bond acceptors (Lipinski definition) is 7. The predicted octanol–water partition coefficient (Wildman–Crippen LogP) is 4.14. The van der Waals surface area contributed by atoms with E-state index in [1.165, 1.54) is 0 Å². The Morgan fingerprint density at radius 3 is 2.41 bits per heavy atom. The van der Waals surface area contributed by atoms with E-state index in [-0.39, 0.29) is 11.5 Å². The van der Waals surface area contributed by atoms with Gasteiger partial charge < -0.3 is 24.7 Å². The second kappa shape index (κ2) is 8.74. The van der Waals surface area contributed by atoms with Crippen LogP contribution in [0.2, 0.25) is 0 Å². The standard InChI is InChI=1S/C25H20N2O5/c1-29-16-9-11-21(30-2)19(12-16)23-18-10-8-17(13-22(18)32-24(27)20(23)14-26)31-25(28)15-6-4-3-5-7-15/h3-13,23H,27H2,1-2H3. The second-order valence-electron chi connectivity index (χ2n) is 6.99. The first-order valence-corrected chi connectivity index (χ1v) is 9.76. The molecule has 0 amide bonds. The molecule has 1 aliphatic heterocycles. The molecule has 3 aromatic rings. The van der Waals surface area contributed by atoms with Gasteiger partial charge in [-0.15, -0.1) is 0 Å². The van der Waals surface area contributed by atoms with E-state index in [0.29, 0.717) is 39.7 Å². The van der Waals surface area contributed by atoms with Crippen molar-refractivity contribution in [1.82, 2.24) is 0 Å². The quantitative estimate of drug-likeness (QED) is 0.481. The second-order valence-corrected chi connectivity index (χ2v) is 6.99. The summed E-state index contributed by atoms with van der Waals surface area (Å²) >= 11 is 0. The van der Waals surface area contributed by atoms with Gasteiger partial charge in [0.05, 0.1) is 25.7 Å². The van der Waals surface area contributed by atoms with Gasteiger partial charge in [0.25, 0.3) is 0 Å². The summed E-state index contributed by atoms with van der Waals surface area (Å²) in [6, 6.07) is 21.1. The number of benzene rings is 3. The lowest BCUT2D eigenvalue weighted by molar-refractivity contribution is 0.0734. The monoisotopic (exact) mass is 428 g/mol. The molecule has 0 bridgehead atoms. The van der Waals surface area contributed by atoms with E-state index in [1.54, 1.807) is 74.9 Å². The third-order valence-corrected chi connectivity index (χ3v) is 5.16. The summed E-state index contributed by atoms with van der Waals surface area (Å²) in [4.78, 5) is 12.4. The van der Waals surface area contributed by atoms with Crippen LogP contribution in [0.15, 0.2) is 78.2 Å². The Kier molecular flexibility index (Phi) is 5.69. The van der Waals surface area contributed by atoms with E-state index >= 15 is 0 Å². The zero-order chi connectivity index (χ0) is 22.7. The van der Waals surface area contributed by atoms with Gasteiger partial charge in [-0.2, -0.15) is 5.26 Å². The Morgan fingerprint density at radius 2 is 1.72 bits per heavy atom. The van der Waals surface area contributed by atoms with Crippen LogP contribution in [0.5, 0.6) is 23.0 Å². The van der Waals surface area contributed by atoms with Crippen LogP contribution in [-0.2, 0) is 0 Å². The fraction of sp³-hybridized carbons (Fsp3) is 0.120. The number of rotatable bonds is 5. The Hall–Kier alpha value is -4.44. The van der Waals surface area contributed by atoms with Crippen molar-refractivity contribution in [2.75, 3.05) is 14.2 Å². The van der Waals surface area contributed by atoms with Crippen LogP contribution in [0.3, 0.4) is 0 Å². The first-order valence-electron chi connectivity index (χ1n) is 9.76. The van der Waals surface area contributed by atoms with E-state index in [9.17, 15) is 10.1 Å². The van der Waals surface area contributed by atoms with Crippen LogP contribution in [0, 0.1) is 11.3 Å². The number of fused-ring (bicyclic) bond motifs is 1. The molecule has 1 unspecified atom stereocenters. The summed E-state index contributed by atoms with van der Waals surface area (Å²) in [6.07, 6.45) is 0. The molecule has 32 heavy (non-hydrogen) atoms. The number of nitrogens with zero attached hydrogens (tertiary/aromatic N) is 1. The minimum absolute atomic E-state index is 0.0265. The molecule has 160 valence electrons. The highest BCUT2D eigenvalue weighted by molar-refractivity contribution is 5.91. The topological polar surface area (TPSA) is 104 Å². The molecule has 1 aliphatic rings. The zero-order valence-corrected chi connectivity index (χ0v) is 17.5. The maximum absolute atomic E-state index is 12.4. The van der Waals surface area contributed by atoms with Crippen LogP contribution < -0.4 is 24.7 Å². The molecule has 7 nitrogen and oxygen atoms in total. The molecule has 0 saturated carbocycles. The van der Waals surface area contributed by atoms with Gasteiger partial charge in [0.2, 0.25) is 5.88 Å². The van der Waals surface area contributed by atoms with Gasteiger partial charge in [0.15, 0.2) is 0 Å². The number of carbonyl (C=O) groups is 1. The van der Waals surface area contributed by atoms with Crippen molar-refractivity contribution in [2.24, 2.45) is 5.73 Å². The van der Waals surface area contributed by atoms with Crippen molar-refractivity contribution in [3.8, 4) is 29.1 Å². The van der Waals surface area contributed by atoms with Gasteiger partial charge in [0.1, 0.15) is 34.6 Å². The number of allylic oxidation sites excluding steroid dienone is 1.